The lowest BCUT2D eigenvalue weighted by Crippen LogP contribution is -2.44. The first-order valence-corrected chi connectivity index (χ1v) is 13.2. The molecule has 1 aromatic carbocycles. The molecule has 0 aliphatic carbocycles. The van der Waals surface area contributed by atoms with Gasteiger partial charge in [0, 0.05) is 82.8 Å². The fourth-order valence-corrected chi connectivity index (χ4v) is 4.94. The van der Waals surface area contributed by atoms with Gasteiger partial charge in [-0.25, -0.2) is 0 Å². The van der Waals surface area contributed by atoms with E-state index >= 15 is 0 Å². The van der Waals surface area contributed by atoms with Crippen molar-refractivity contribution in [2.75, 3.05) is 57.8 Å². The van der Waals surface area contributed by atoms with Crippen LogP contribution in [0.15, 0.2) is 48.8 Å². The van der Waals surface area contributed by atoms with Crippen molar-refractivity contribution >= 4 is 17.5 Å². The molecule has 36 heavy (non-hydrogen) atoms. The van der Waals surface area contributed by atoms with Crippen molar-refractivity contribution in [1.29, 1.82) is 0 Å². The number of carbonyl (C=O) groups excluding carboxylic acids is 2. The van der Waals surface area contributed by atoms with E-state index in [4.69, 9.17) is 0 Å². The predicted octanol–water partition coefficient (Wildman–Crippen LogP) is 2.26. The fraction of sp³-hybridized carbons (Fsp3) is 0.536. The fourth-order valence-electron chi connectivity index (χ4n) is 4.94. The molecular weight excluding hydrogens is 452 g/mol. The highest BCUT2D eigenvalue weighted by Crippen LogP contribution is 2.18. The first-order chi connectivity index (χ1) is 17.6. The van der Waals surface area contributed by atoms with Crippen molar-refractivity contribution in [2.45, 2.75) is 38.8 Å². The molecule has 2 aromatic rings. The van der Waals surface area contributed by atoms with Crippen molar-refractivity contribution < 1.29 is 9.59 Å². The molecule has 2 saturated heterocycles. The number of aromatic nitrogens is 1. The van der Waals surface area contributed by atoms with Gasteiger partial charge in [-0.05, 0) is 68.2 Å². The molecule has 2 N–H and O–H groups in total. The van der Waals surface area contributed by atoms with E-state index in [1.165, 1.54) is 11.3 Å². The van der Waals surface area contributed by atoms with Crippen LogP contribution in [0, 0.1) is 5.92 Å². The summed E-state index contributed by atoms with van der Waals surface area (Å²) in [6, 6.07) is 12.6. The third-order valence-electron chi connectivity index (χ3n) is 7.29. The zero-order chi connectivity index (χ0) is 25.2. The monoisotopic (exact) mass is 492 g/mol. The van der Waals surface area contributed by atoms with E-state index in [0.717, 1.165) is 64.2 Å². The van der Waals surface area contributed by atoms with E-state index in [9.17, 15) is 9.59 Å². The average Bonchev–Trinajstić information content (AvgIpc) is 2.94. The molecule has 4 rings (SSSR count). The van der Waals surface area contributed by atoms with Crippen molar-refractivity contribution in [3.63, 3.8) is 0 Å². The topological polar surface area (TPSA) is 80.8 Å². The minimum absolute atomic E-state index is 0.0521. The van der Waals surface area contributed by atoms with E-state index in [0.29, 0.717) is 25.9 Å². The highest BCUT2D eigenvalue weighted by Gasteiger charge is 2.21. The Bertz CT molecular complexity index is 960. The Morgan fingerprint density at radius 2 is 1.72 bits per heavy atom. The highest BCUT2D eigenvalue weighted by molar-refractivity contribution is 5.79. The van der Waals surface area contributed by atoms with Gasteiger partial charge in [0.1, 0.15) is 0 Å². The Morgan fingerprint density at radius 3 is 2.47 bits per heavy atom. The maximum absolute atomic E-state index is 13.1. The van der Waals surface area contributed by atoms with Gasteiger partial charge in [0.15, 0.2) is 0 Å². The lowest BCUT2D eigenvalue weighted by Gasteiger charge is -2.34. The van der Waals surface area contributed by atoms with Gasteiger partial charge in [-0.15, -0.1) is 0 Å². The number of carbonyl (C=O) groups is 2. The smallest absolute Gasteiger partial charge is 0.223 e. The van der Waals surface area contributed by atoms with E-state index < -0.39 is 0 Å². The second kappa shape index (κ2) is 13.4. The van der Waals surface area contributed by atoms with Crippen LogP contribution in [0.1, 0.15) is 36.8 Å². The molecule has 2 aliphatic heterocycles. The van der Waals surface area contributed by atoms with Crippen LogP contribution in [0.2, 0.25) is 0 Å². The number of hydrogen-bond donors (Lipinski definition) is 2. The Balaban J connectivity index is 1.28. The van der Waals surface area contributed by atoms with E-state index in [1.54, 1.807) is 12.4 Å². The Morgan fingerprint density at radius 1 is 0.972 bits per heavy atom. The number of benzene rings is 1. The number of likely N-dealkylation sites (N-methyl/N-ethyl adjacent to an activating group) is 1. The summed E-state index contributed by atoms with van der Waals surface area (Å²) >= 11 is 0. The third-order valence-corrected chi connectivity index (χ3v) is 7.29. The van der Waals surface area contributed by atoms with Crippen LogP contribution in [0.25, 0.3) is 0 Å². The molecule has 1 aromatic heterocycles. The molecule has 8 nitrogen and oxygen atoms in total. The molecule has 0 radical (unpaired) electrons. The molecule has 1 unspecified atom stereocenters. The highest BCUT2D eigenvalue weighted by atomic mass is 16.2. The van der Waals surface area contributed by atoms with E-state index in [2.05, 4.69) is 61.6 Å². The second-order valence-electron chi connectivity index (χ2n) is 10.0. The molecule has 3 heterocycles. The molecule has 0 spiro atoms. The van der Waals surface area contributed by atoms with Gasteiger partial charge in [0.2, 0.25) is 11.8 Å². The molecule has 2 fully saturated rings. The first-order valence-electron chi connectivity index (χ1n) is 13.2. The molecule has 0 saturated carbocycles. The molecule has 8 heteroatoms. The summed E-state index contributed by atoms with van der Waals surface area (Å²) in [5, 5.41) is 6.14. The van der Waals surface area contributed by atoms with Crippen LogP contribution < -0.4 is 15.5 Å². The summed E-state index contributed by atoms with van der Waals surface area (Å²) in [5.41, 5.74) is 3.54. The number of hydrogen-bond acceptors (Lipinski definition) is 6. The molecule has 2 amide bonds. The predicted molar refractivity (Wildman–Crippen MR) is 142 cm³/mol. The molecular formula is C28H40N6O2. The number of amides is 2. The number of nitrogens with one attached hydrogen (secondary N) is 2. The maximum atomic E-state index is 13.1. The summed E-state index contributed by atoms with van der Waals surface area (Å²) in [6.45, 7) is 7.71. The minimum atomic E-state index is -0.101. The van der Waals surface area contributed by atoms with Gasteiger partial charge >= 0.3 is 0 Å². The molecule has 194 valence electrons. The van der Waals surface area contributed by atoms with Crippen LogP contribution in [0.4, 0.5) is 5.69 Å². The van der Waals surface area contributed by atoms with Gasteiger partial charge in [-0.3, -0.25) is 19.5 Å². The number of pyridine rings is 1. The first kappa shape index (κ1) is 26.1. The zero-order valence-electron chi connectivity index (χ0n) is 21.5. The van der Waals surface area contributed by atoms with Gasteiger partial charge in [0.05, 0.1) is 0 Å². The summed E-state index contributed by atoms with van der Waals surface area (Å²) in [7, 11) is 2.16. The second-order valence-corrected chi connectivity index (χ2v) is 10.0. The maximum Gasteiger partial charge on any atom is 0.223 e. The van der Waals surface area contributed by atoms with Crippen LogP contribution >= 0.6 is 0 Å². The van der Waals surface area contributed by atoms with Gasteiger partial charge in [0.25, 0.3) is 0 Å². The Hall–Kier alpha value is -2.97. The SMILES string of the molecule is CN1CCN(c2ccc(CNC(=O)C3CCCN(Cc4ccncc4)CCC(=O)NCC3)cc2)CC1. The summed E-state index contributed by atoms with van der Waals surface area (Å²) < 4.78 is 0. The summed E-state index contributed by atoms with van der Waals surface area (Å²) in [4.78, 5) is 36.5. The van der Waals surface area contributed by atoms with Crippen LogP contribution in [-0.2, 0) is 22.7 Å². The van der Waals surface area contributed by atoms with E-state index in [1.807, 2.05) is 12.1 Å². The quantitative estimate of drug-likeness (QED) is 0.644. The molecule has 1 atom stereocenters. The largest absolute Gasteiger partial charge is 0.369 e. The zero-order valence-corrected chi connectivity index (χ0v) is 21.5. The van der Waals surface area contributed by atoms with Crippen molar-refractivity contribution in [1.82, 2.24) is 25.4 Å². The van der Waals surface area contributed by atoms with Crippen LogP contribution in [-0.4, -0.2) is 79.5 Å². The lowest BCUT2D eigenvalue weighted by atomic mass is 9.98. The third kappa shape index (κ3) is 8.03. The van der Waals surface area contributed by atoms with Gasteiger partial charge in [-0.2, -0.15) is 0 Å². The van der Waals surface area contributed by atoms with Crippen LogP contribution in [0.3, 0.4) is 0 Å². The number of rotatable bonds is 6. The van der Waals surface area contributed by atoms with Crippen molar-refractivity contribution in [2.24, 2.45) is 5.92 Å². The molecule has 2 aliphatic rings. The summed E-state index contributed by atoms with van der Waals surface area (Å²) in [6.07, 6.45) is 6.49. The van der Waals surface area contributed by atoms with Gasteiger partial charge in [-0.1, -0.05) is 12.1 Å². The summed E-state index contributed by atoms with van der Waals surface area (Å²) in [5.74, 6) is 0.0272. The number of piperazine rings is 1. The standard InChI is InChI=1S/C28H40N6O2/c1-32-17-19-34(20-18-32)26-6-4-23(5-7-26)21-31-28(36)25-3-2-15-33(16-11-27(35)30-14-10-25)22-24-8-12-29-13-9-24/h4-9,12-13,25H,2-3,10-11,14-22H2,1H3,(H,30,35)(H,31,36). The molecule has 0 bridgehead atoms. The van der Waals surface area contributed by atoms with Crippen molar-refractivity contribution in [3.8, 4) is 0 Å². The number of anilines is 1. The average molecular weight is 493 g/mol. The Labute approximate surface area is 215 Å². The Kier molecular flexibility index (Phi) is 9.69. The van der Waals surface area contributed by atoms with E-state index in [-0.39, 0.29) is 17.7 Å². The number of nitrogens with zero attached hydrogens (tertiary/aromatic N) is 4. The lowest BCUT2D eigenvalue weighted by molar-refractivity contribution is -0.126. The van der Waals surface area contributed by atoms with Gasteiger partial charge < -0.3 is 20.4 Å². The normalized spacial score (nSPS) is 20.9. The van der Waals surface area contributed by atoms with Crippen molar-refractivity contribution in [3.05, 3.63) is 59.9 Å². The van der Waals surface area contributed by atoms with Crippen LogP contribution in [0.5, 0.6) is 0 Å². The minimum Gasteiger partial charge on any atom is -0.369 e.